The van der Waals surface area contributed by atoms with E-state index in [2.05, 4.69) is 4.98 Å². The van der Waals surface area contributed by atoms with Crippen LogP contribution in [-0.2, 0) is 0 Å². The summed E-state index contributed by atoms with van der Waals surface area (Å²) in [5.41, 5.74) is 2.80. The first-order valence-corrected chi connectivity index (χ1v) is 7.26. The van der Waals surface area contributed by atoms with E-state index in [0.29, 0.717) is 16.8 Å². The molecule has 0 spiro atoms. The smallest absolute Gasteiger partial charge is 0.266 e. The monoisotopic (exact) mass is 318 g/mol. The molecular formula is C19H14N2O3. The number of hydrogen-bond acceptors (Lipinski definition) is 4. The maximum atomic E-state index is 12.3. The molecular weight excluding hydrogens is 304 g/mol. The van der Waals surface area contributed by atoms with Gasteiger partial charge in [-0.05, 0) is 36.2 Å². The number of aromatic amines is 1. The van der Waals surface area contributed by atoms with E-state index in [1.165, 1.54) is 12.1 Å². The van der Waals surface area contributed by atoms with Crippen LogP contribution >= 0.6 is 0 Å². The molecule has 0 atom stereocenters. The molecule has 3 N–H and O–H groups in total. The highest BCUT2D eigenvalue weighted by molar-refractivity contribution is 5.76. The fraction of sp³-hybridized carbons (Fsp3) is 0.0526. The van der Waals surface area contributed by atoms with E-state index in [4.69, 9.17) is 0 Å². The lowest BCUT2D eigenvalue weighted by Gasteiger charge is -2.09. The lowest BCUT2D eigenvalue weighted by atomic mass is 9.98. The third-order valence-corrected chi connectivity index (χ3v) is 3.79. The number of H-pyrrole nitrogens is 1. The number of rotatable bonds is 2. The Labute approximate surface area is 138 Å². The number of aromatic nitrogens is 1. The molecule has 24 heavy (non-hydrogen) atoms. The number of aryl methyl sites for hydroxylation is 1. The zero-order valence-corrected chi connectivity index (χ0v) is 12.9. The number of phenolic OH excluding ortho intramolecular Hbond substituents is 2. The molecule has 0 radical (unpaired) electrons. The molecule has 1 aromatic heterocycles. The van der Waals surface area contributed by atoms with Crippen LogP contribution < -0.4 is 5.56 Å². The molecule has 0 aliphatic carbocycles. The van der Waals surface area contributed by atoms with E-state index in [9.17, 15) is 20.3 Å². The number of pyridine rings is 1. The molecule has 3 rings (SSSR count). The largest absolute Gasteiger partial charge is 0.504 e. The van der Waals surface area contributed by atoms with Crippen LogP contribution in [0.4, 0.5) is 0 Å². The number of phenols is 2. The first kappa shape index (κ1) is 15.4. The summed E-state index contributed by atoms with van der Waals surface area (Å²) in [5, 5.41) is 28.4. The molecule has 118 valence electrons. The molecule has 3 aromatic rings. The number of nitrogens with one attached hydrogen (secondary N) is 1. The van der Waals surface area contributed by atoms with Crippen LogP contribution in [0.3, 0.4) is 0 Å². The van der Waals surface area contributed by atoms with Crippen molar-refractivity contribution in [1.82, 2.24) is 4.98 Å². The normalized spacial score (nSPS) is 10.3. The van der Waals surface area contributed by atoms with Gasteiger partial charge in [-0.15, -0.1) is 0 Å². The Morgan fingerprint density at radius 1 is 0.958 bits per heavy atom. The first-order valence-electron chi connectivity index (χ1n) is 7.26. The van der Waals surface area contributed by atoms with Gasteiger partial charge < -0.3 is 15.2 Å². The zero-order chi connectivity index (χ0) is 17.3. The van der Waals surface area contributed by atoms with Crippen LogP contribution in [0.1, 0.15) is 11.1 Å². The van der Waals surface area contributed by atoms with Crippen LogP contribution in [0.5, 0.6) is 11.5 Å². The Balaban J connectivity index is 2.24. The van der Waals surface area contributed by atoms with Crippen molar-refractivity contribution in [3.63, 3.8) is 0 Å². The van der Waals surface area contributed by atoms with Crippen molar-refractivity contribution in [3.05, 3.63) is 70.0 Å². The second-order valence-corrected chi connectivity index (χ2v) is 5.48. The predicted molar refractivity (Wildman–Crippen MR) is 90.7 cm³/mol. The topological polar surface area (TPSA) is 97.1 Å². The molecule has 0 saturated heterocycles. The fourth-order valence-corrected chi connectivity index (χ4v) is 2.48. The SMILES string of the molecule is Cc1ccc(-c2cc(-c3ccc(O)c(O)c3)c(C#N)c(=O)[nH]2)cc1. The minimum absolute atomic E-state index is 0.0454. The number of nitrogens with zero attached hydrogens (tertiary/aromatic N) is 1. The van der Waals surface area contributed by atoms with Crippen LogP contribution in [0.2, 0.25) is 0 Å². The second kappa shape index (κ2) is 5.94. The predicted octanol–water partition coefficient (Wildman–Crippen LogP) is 3.30. The van der Waals surface area contributed by atoms with Gasteiger partial charge in [-0.1, -0.05) is 35.9 Å². The lowest BCUT2D eigenvalue weighted by Crippen LogP contribution is -2.12. The molecule has 0 bridgehead atoms. The Kier molecular flexibility index (Phi) is 3.80. The third kappa shape index (κ3) is 2.73. The van der Waals surface area contributed by atoms with Gasteiger partial charge >= 0.3 is 0 Å². The third-order valence-electron chi connectivity index (χ3n) is 3.79. The van der Waals surface area contributed by atoms with Gasteiger partial charge in [-0.25, -0.2) is 0 Å². The number of hydrogen-bond donors (Lipinski definition) is 3. The van der Waals surface area contributed by atoms with Gasteiger partial charge in [0, 0.05) is 11.3 Å². The summed E-state index contributed by atoms with van der Waals surface area (Å²) in [4.78, 5) is 15.0. The molecule has 5 heteroatoms. The summed E-state index contributed by atoms with van der Waals surface area (Å²) in [5.74, 6) is -0.575. The van der Waals surface area contributed by atoms with E-state index in [1.807, 2.05) is 37.3 Å². The summed E-state index contributed by atoms with van der Waals surface area (Å²) in [6.07, 6.45) is 0. The first-order chi connectivity index (χ1) is 11.5. The summed E-state index contributed by atoms with van der Waals surface area (Å²) in [7, 11) is 0. The number of aromatic hydroxyl groups is 2. The number of nitriles is 1. The molecule has 0 unspecified atom stereocenters. The van der Waals surface area contributed by atoms with Crippen molar-refractivity contribution in [3.8, 4) is 40.0 Å². The number of benzene rings is 2. The van der Waals surface area contributed by atoms with Crippen molar-refractivity contribution in [2.75, 3.05) is 0 Å². The summed E-state index contributed by atoms with van der Waals surface area (Å²) >= 11 is 0. The van der Waals surface area contributed by atoms with Crippen LogP contribution in [0.25, 0.3) is 22.4 Å². The van der Waals surface area contributed by atoms with E-state index < -0.39 is 5.56 Å². The van der Waals surface area contributed by atoms with Gasteiger partial charge in [-0.2, -0.15) is 5.26 Å². The van der Waals surface area contributed by atoms with Gasteiger partial charge in [-0.3, -0.25) is 4.79 Å². The average Bonchev–Trinajstić information content (AvgIpc) is 2.57. The molecule has 1 heterocycles. The summed E-state index contributed by atoms with van der Waals surface area (Å²) in [6, 6.07) is 15.4. The molecule has 0 amide bonds. The minimum atomic E-state index is -0.502. The molecule has 2 aromatic carbocycles. The van der Waals surface area contributed by atoms with Crippen molar-refractivity contribution in [1.29, 1.82) is 5.26 Å². The average molecular weight is 318 g/mol. The van der Waals surface area contributed by atoms with Crippen molar-refractivity contribution < 1.29 is 10.2 Å². The van der Waals surface area contributed by atoms with Crippen LogP contribution in [0, 0.1) is 18.3 Å². The second-order valence-electron chi connectivity index (χ2n) is 5.48. The fourth-order valence-electron chi connectivity index (χ4n) is 2.48. The van der Waals surface area contributed by atoms with Crippen molar-refractivity contribution in [2.45, 2.75) is 6.92 Å². The Morgan fingerprint density at radius 2 is 1.62 bits per heavy atom. The standard InChI is InChI=1S/C19H14N2O3/c1-11-2-4-12(5-3-11)16-9-14(15(10-20)19(24)21-16)13-6-7-17(22)18(23)8-13/h2-9,22-23H,1H3,(H,21,24). The molecule has 0 fully saturated rings. The van der Waals surface area contributed by atoms with E-state index in [1.54, 1.807) is 12.1 Å². The molecule has 0 aliphatic rings. The van der Waals surface area contributed by atoms with Crippen molar-refractivity contribution >= 4 is 0 Å². The Bertz CT molecular complexity index is 1010. The van der Waals surface area contributed by atoms with Gasteiger partial charge in [0.15, 0.2) is 11.5 Å². The van der Waals surface area contributed by atoms with E-state index in [0.717, 1.165) is 11.1 Å². The Morgan fingerprint density at radius 3 is 2.25 bits per heavy atom. The van der Waals surface area contributed by atoms with Crippen LogP contribution in [-0.4, -0.2) is 15.2 Å². The van der Waals surface area contributed by atoms with E-state index >= 15 is 0 Å². The molecule has 0 aliphatic heterocycles. The Hall–Kier alpha value is -3.52. The van der Waals surface area contributed by atoms with Gasteiger partial charge in [0.05, 0.1) is 0 Å². The minimum Gasteiger partial charge on any atom is -0.504 e. The maximum absolute atomic E-state index is 12.3. The van der Waals surface area contributed by atoms with Gasteiger partial charge in [0.2, 0.25) is 0 Å². The van der Waals surface area contributed by atoms with Crippen molar-refractivity contribution in [2.24, 2.45) is 0 Å². The summed E-state index contributed by atoms with van der Waals surface area (Å²) in [6.45, 7) is 1.97. The highest BCUT2D eigenvalue weighted by Gasteiger charge is 2.13. The highest BCUT2D eigenvalue weighted by Crippen LogP contribution is 2.32. The van der Waals surface area contributed by atoms with E-state index in [-0.39, 0.29) is 17.1 Å². The molecule has 0 saturated carbocycles. The maximum Gasteiger partial charge on any atom is 0.266 e. The zero-order valence-electron chi connectivity index (χ0n) is 12.9. The lowest BCUT2D eigenvalue weighted by molar-refractivity contribution is 0.404. The summed E-state index contributed by atoms with van der Waals surface area (Å²) < 4.78 is 0. The van der Waals surface area contributed by atoms with Gasteiger partial charge in [0.1, 0.15) is 11.6 Å². The van der Waals surface area contributed by atoms with Gasteiger partial charge in [0.25, 0.3) is 5.56 Å². The highest BCUT2D eigenvalue weighted by atomic mass is 16.3. The molecule has 5 nitrogen and oxygen atoms in total. The quantitative estimate of drug-likeness (QED) is 0.631. The van der Waals surface area contributed by atoms with Crippen LogP contribution in [0.15, 0.2) is 53.3 Å².